The van der Waals surface area contributed by atoms with Crippen LogP contribution in [0.3, 0.4) is 0 Å². The minimum atomic E-state index is 0.0489. The Morgan fingerprint density at radius 1 is 1.10 bits per heavy atom. The third kappa shape index (κ3) is 2.99. The van der Waals surface area contributed by atoms with E-state index in [2.05, 4.69) is 33.5 Å². The summed E-state index contributed by atoms with van der Waals surface area (Å²) in [4.78, 5) is 31.1. The maximum absolute atomic E-state index is 13.3. The van der Waals surface area contributed by atoms with E-state index in [-0.39, 0.29) is 12.1 Å². The molecular weight excluding hydrogens is 388 g/mol. The molecule has 3 aliphatic heterocycles. The number of carbonyl (C=O) groups excluding carboxylic acids is 1. The summed E-state index contributed by atoms with van der Waals surface area (Å²) in [5.74, 6) is 0. The molecule has 5 heterocycles. The van der Waals surface area contributed by atoms with Gasteiger partial charge in [-0.25, -0.2) is 9.78 Å². The number of nitrogens with zero attached hydrogens (tertiary/aromatic N) is 5. The normalized spacial score (nSPS) is 18.5. The molecule has 0 aliphatic carbocycles. The van der Waals surface area contributed by atoms with Gasteiger partial charge in [-0.2, -0.15) is 0 Å². The standard InChI is InChI=1S/C24H24N6O/c1-29-14-18-13-27-21-5-4-20(15-2-3-16-11-26-12-17(16)10-15)28-22(21)23(18)30(24(29)31)19-6-8-25-9-7-19/h2-5,10,12-13,19,25H,6-9,11,14H2,1H3. The van der Waals surface area contributed by atoms with E-state index in [9.17, 15) is 4.79 Å². The monoisotopic (exact) mass is 412 g/mol. The maximum Gasteiger partial charge on any atom is 0.324 e. The Kier molecular flexibility index (Phi) is 4.24. The number of fused-ring (bicyclic) bond motifs is 4. The summed E-state index contributed by atoms with van der Waals surface area (Å²) in [6, 6.07) is 10.6. The van der Waals surface area contributed by atoms with Gasteiger partial charge < -0.3 is 10.2 Å². The van der Waals surface area contributed by atoms with Crippen LogP contribution in [0.25, 0.3) is 22.3 Å². The number of hydrogen-bond acceptors (Lipinski definition) is 5. The highest BCUT2D eigenvalue weighted by Crippen LogP contribution is 2.37. The zero-order valence-electron chi connectivity index (χ0n) is 17.5. The molecule has 0 spiro atoms. The molecule has 7 heteroatoms. The summed E-state index contributed by atoms with van der Waals surface area (Å²) in [6.45, 7) is 3.15. The highest BCUT2D eigenvalue weighted by atomic mass is 16.2. The summed E-state index contributed by atoms with van der Waals surface area (Å²) >= 11 is 0. The van der Waals surface area contributed by atoms with Crippen LogP contribution in [0.15, 0.2) is 41.5 Å². The number of pyridine rings is 2. The van der Waals surface area contributed by atoms with Gasteiger partial charge in [0.1, 0.15) is 5.52 Å². The van der Waals surface area contributed by atoms with Crippen molar-refractivity contribution in [1.29, 1.82) is 0 Å². The van der Waals surface area contributed by atoms with Crippen LogP contribution in [0.1, 0.15) is 29.5 Å². The minimum Gasteiger partial charge on any atom is -0.323 e. The van der Waals surface area contributed by atoms with E-state index >= 15 is 0 Å². The van der Waals surface area contributed by atoms with Crippen LogP contribution in [0.4, 0.5) is 10.5 Å². The molecule has 3 aliphatic rings. The second kappa shape index (κ2) is 7.13. The average molecular weight is 412 g/mol. The SMILES string of the molecule is CN1Cc2cnc3ccc(-c4ccc5c(c4)C=NC5)nc3c2N(C2CCNCC2)C1=O. The predicted molar refractivity (Wildman–Crippen MR) is 122 cm³/mol. The largest absolute Gasteiger partial charge is 0.324 e. The van der Waals surface area contributed by atoms with Gasteiger partial charge in [0.25, 0.3) is 0 Å². The molecule has 0 saturated carbocycles. The van der Waals surface area contributed by atoms with Gasteiger partial charge in [-0.3, -0.25) is 14.9 Å². The number of benzene rings is 1. The summed E-state index contributed by atoms with van der Waals surface area (Å²) in [5, 5.41) is 3.40. The molecule has 0 atom stereocenters. The van der Waals surface area contributed by atoms with Crippen molar-refractivity contribution >= 4 is 29.0 Å². The van der Waals surface area contributed by atoms with E-state index in [1.54, 1.807) is 4.90 Å². The van der Waals surface area contributed by atoms with Crippen molar-refractivity contribution in [3.8, 4) is 11.3 Å². The fourth-order valence-electron chi connectivity index (χ4n) is 4.90. The summed E-state index contributed by atoms with van der Waals surface area (Å²) < 4.78 is 0. The van der Waals surface area contributed by atoms with Gasteiger partial charge in [0.05, 0.1) is 30.0 Å². The molecule has 6 rings (SSSR count). The van der Waals surface area contributed by atoms with Gasteiger partial charge in [0, 0.05) is 36.6 Å². The first-order valence-electron chi connectivity index (χ1n) is 10.9. The van der Waals surface area contributed by atoms with Gasteiger partial charge in [-0.05, 0) is 55.3 Å². The number of anilines is 1. The topological polar surface area (TPSA) is 73.7 Å². The minimum absolute atomic E-state index is 0.0489. The van der Waals surface area contributed by atoms with Crippen LogP contribution in [0.2, 0.25) is 0 Å². The van der Waals surface area contributed by atoms with Crippen LogP contribution in [0.5, 0.6) is 0 Å². The number of aliphatic imine (C=N–C) groups is 1. The highest BCUT2D eigenvalue weighted by molar-refractivity contribution is 6.04. The lowest BCUT2D eigenvalue weighted by Crippen LogP contribution is -2.53. The average Bonchev–Trinajstić information content (AvgIpc) is 3.28. The van der Waals surface area contributed by atoms with Gasteiger partial charge in [0.15, 0.2) is 0 Å². The second-order valence-corrected chi connectivity index (χ2v) is 8.57. The molecule has 3 aromatic rings. The molecule has 0 unspecified atom stereocenters. The molecule has 2 amide bonds. The van der Waals surface area contributed by atoms with Crippen LogP contribution in [-0.4, -0.2) is 53.3 Å². The molecule has 2 aromatic heterocycles. The quantitative estimate of drug-likeness (QED) is 0.701. The number of aromatic nitrogens is 2. The maximum atomic E-state index is 13.3. The molecule has 1 N–H and O–H groups in total. The van der Waals surface area contributed by atoms with Crippen molar-refractivity contribution in [2.75, 3.05) is 25.0 Å². The summed E-state index contributed by atoms with van der Waals surface area (Å²) in [7, 11) is 1.86. The van der Waals surface area contributed by atoms with Gasteiger partial charge in [-0.1, -0.05) is 12.1 Å². The lowest BCUT2D eigenvalue weighted by atomic mass is 10.00. The Morgan fingerprint density at radius 3 is 2.84 bits per heavy atom. The predicted octanol–water partition coefficient (Wildman–Crippen LogP) is 3.35. The second-order valence-electron chi connectivity index (χ2n) is 8.57. The Balaban J connectivity index is 1.52. The van der Waals surface area contributed by atoms with Crippen LogP contribution >= 0.6 is 0 Å². The Bertz CT molecular complexity index is 1230. The fraction of sp³-hybridized carbons (Fsp3) is 0.333. The lowest BCUT2D eigenvalue weighted by molar-refractivity contribution is 0.205. The Morgan fingerprint density at radius 2 is 1.97 bits per heavy atom. The molecule has 1 fully saturated rings. The summed E-state index contributed by atoms with van der Waals surface area (Å²) in [6.07, 6.45) is 5.71. The van der Waals surface area contributed by atoms with E-state index < -0.39 is 0 Å². The number of carbonyl (C=O) groups is 1. The van der Waals surface area contributed by atoms with Crippen molar-refractivity contribution in [1.82, 2.24) is 20.2 Å². The fourth-order valence-corrected chi connectivity index (χ4v) is 4.90. The number of nitrogens with one attached hydrogen (secondary N) is 1. The van der Waals surface area contributed by atoms with Gasteiger partial charge in [-0.15, -0.1) is 0 Å². The van der Waals surface area contributed by atoms with Crippen molar-refractivity contribution < 1.29 is 4.79 Å². The van der Waals surface area contributed by atoms with E-state index in [4.69, 9.17) is 4.98 Å². The molecule has 31 heavy (non-hydrogen) atoms. The van der Waals surface area contributed by atoms with Crippen molar-refractivity contribution in [3.05, 3.63) is 53.2 Å². The molecule has 1 aromatic carbocycles. The smallest absolute Gasteiger partial charge is 0.323 e. The third-order valence-corrected chi connectivity index (χ3v) is 6.55. The number of urea groups is 1. The zero-order chi connectivity index (χ0) is 20.9. The first kappa shape index (κ1) is 18.4. The first-order chi connectivity index (χ1) is 15.2. The van der Waals surface area contributed by atoms with Crippen LogP contribution in [0, 0.1) is 0 Å². The molecule has 0 radical (unpaired) electrons. The van der Waals surface area contributed by atoms with Crippen molar-refractivity contribution in [3.63, 3.8) is 0 Å². The molecule has 0 bridgehead atoms. The number of amides is 2. The van der Waals surface area contributed by atoms with E-state index in [1.807, 2.05) is 36.5 Å². The van der Waals surface area contributed by atoms with E-state index in [0.717, 1.165) is 71.6 Å². The van der Waals surface area contributed by atoms with Crippen molar-refractivity contribution in [2.45, 2.75) is 32.0 Å². The number of hydrogen-bond donors (Lipinski definition) is 1. The van der Waals surface area contributed by atoms with Crippen LogP contribution in [-0.2, 0) is 13.1 Å². The first-order valence-corrected chi connectivity index (χ1v) is 10.9. The highest BCUT2D eigenvalue weighted by Gasteiger charge is 2.36. The number of piperidine rings is 1. The Labute approximate surface area is 180 Å². The van der Waals surface area contributed by atoms with Gasteiger partial charge >= 0.3 is 6.03 Å². The van der Waals surface area contributed by atoms with E-state index in [0.29, 0.717) is 6.54 Å². The summed E-state index contributed by atoms with van der Waals surface area (Å²) in [5.41, 5.74) is 7.96. The van der Waals surface area contributed by atoms with E-state index in [1.165, 1.54) is 5.56 Å². The number of rotatable bonds is 2. The third-order valence-electron chi connectivity index (χ3n) is 6.55. The molecule has 7 nitrogen and oxygen atoms in total. The van der Waals surface area contributed by atoms with Gasteiger partial charge in [0.2, 0.25) is 0 Å². The van der Waals surface area contributed by atoms with Crippen LogP contribution < -0.4 is 10.2 Å². The zero-order valence-corrected chi connectivity index (χ0v) is 17.5. The molecule has 156 valence electrons. The Hall–Kier alpha value is -3.32. The lowest BCUT2D eigenvalue weighted by Gasteiger charge is -2.41. The molecular formula is C24H24N6O. The van der Waals surface area contributed by atoms with Crippen molar-refractivity contribution in [2.24, 2.45) is 4.99 Å². The molecule has 1 saturated heterocycles.